The lowest BCUT2D eigenvalue weighted by Crippen LogP contribution is -2.23. The smallest absolute Gasteiger partial charge is 0.274 e. The molecule has 0 atom stereocenters. The predicted octanol–water partition coefficient (Wildman–Crippen LogP) is 5.74. The molecule has 0 radical (unpaired) electrons. The van der Waals surface area contributed by atoms with E-state index in [2.05, 4.69) is 5.10 Å². The first-order valence-corrected chi connectivity index (χ1v) is 11.0. The minimum atomic E-state index is -0.988. The fourth-order valence-electron chi connectivity index (χ4n) is 4.05. The van der Waals surface area contributed by atoms with Crippen LogP contribution in [0.3, 0.4) is 0 Å². The van der Waals surface area contributed by atoms with Crippen molar-refractivity contribution in [1.82, 2.24) is 14.7 Å². The molecule has 0 N–H and O–H groups in total. The number of hydrogen-bond acceptors (Lipinski definition) is 5. The Morgan fingerprint density at radius 2 is 1.94 bits per heavy atom. The summed E-state index contributed by atoms with van der Waals surface area (Å²) in [5, 5.41) is 14.9. The van der Waals surface area contributed by atoms with E-state index in [4.69, 9.17) is 16.3 Å². The van der Waals surface area contributed by atoms with Gasteiger partial charge in [-0.15, -0.1) is 0 Å². The van der Waals surface area contributed by atoms with E-state index in [0.29, 0.717) is 18.7 Å². The lowest BCUT2D eigenvalue weighted by Gasteiger charge is -2.16. The van der Waals surface area contributed by atoms with Gasteiger partial charge in [0.2, 0.25) is 0 Å². The molecule has 3 aromatic carbocycles. The molecule has 1 amide bonds. The molecule has 1 aliphatic rings. The maximum Gasteiger partial charge on any atom is 0.274 e. The van der Waals surface area contributed by atoms with Gasteiger partial charge in [0, 0.05) is 38.0 Å². The molecule has 0 saturated heterocycles. The summed E-state index contributed by atoms with van der Waals surface area (Å²) in [6.45, 7) is 0.749. The van der Waals surface area contributed by atoms with Crippen molar-refractivity contribution < 1.29 is 18.8 Å². The summed E-state index contributed by atoms with van der Waals surface area (Å²) in [5.41, 5.74) is 3.53. The van der Waals surface area contributed by atoms with E-state index in [0.717, 1.165) is 34.4 Å². The number of carbonyl (C=O) groups is 1. The Balaban J connectivity index is 1.36. The third-order valence-electron chi connectivity index (χ3n) is 5.75. The van der Waals surface area contributed by atoms with E-state index in [-0.39, 0.29) is 22.4 Å². The number of rotatable bonds is 6. The van der Waals surface area contributed by atoms with Gasteiger partial charge in [-0.3, -0.25) is 19.6 Å². The Bertz CT molecular complexity index is 1450. The number of carbonyl (C=O) groups excluding carboxylic acids is 1. The predicted molar refractivity (Wildman–Crippen MR) is 127 cm³/mol. The molecule has 0 bridgehead atoms. The first-order valence-electron chi connectivity index (χ1n) is 10.6. The van der Waals surface area contributed by atoms with E-state index in [1.807, 2.05) is 37.5 Å². The molecule has 2 heterocycles. The van der Waals surface area contributed by atoms with Gasteiger partial charge in [-0.1, -0.05) is 48.0 Å². The molecule has 0 fully saturated rings. The van der Waals surface area contributed by atoms with E-state index in [9.17, 15) is 19.3 Å². The van der Waals surface area contributed by atoms with Gasteiger partial charge in [0.25, 0.3) is 11.6 Å². The van der Waals surface area contributed by atoms with Crippen LogP contribution in [-0.2, 0) is 20.1 Å². The normalized spacial score (nSPS) is 12.7. The highest BCUT2D eigenvalue weighted by Gasteiger charge is 2.31. The Morgan fingerprint density at radius 1 is 1.17 bits per heavy atom. The second-order valence-electron chi connectivity index (χ2n) is 8.15. The van der Waals surface area contributed by atoms with Crippen molar-refractivity contribution in [2.45, 2.75) is 13.1 Å². The van der Waals surface area contributed by atoms with Gasteiger partial charge in [0.15, 0.2) is 11.6 Å². The molecule has 8 nitrogen and oxygen atoms in total. The third-order valence-corrected chi connectivity index (χ3v) is 6.03. The van der Waals surface area contributed by atoms with Crippen molar-refractivity contribution >= 4 is 23.2 Å². The first-order chi connectivity index (χ1) is 16.8. The number of nitro groups is 1. The third kappa shape index (κ3) is 4.33. The van der Waals surface area contributed by atoms with Crippen molar-refractivity contribution in [2.24, 2.45) is 7.05 Å². The zero-order valence-corrected chi connectivity index (χ0v) is 19.2. The Labute approximate surface area is 204 Å². The first kappa shape index (κ1) is 22.5. The van der Waals surface area contributed by atoms with Crippen LogP contribution >= 0.6 is 11.6 Å². The molecule has 0 unspecified atom stereocenters. The molecule has 0 aliphatic carbocycles. The maximum absolute atomic E-state index is 14.5. The molecular formula is C25H18ClFN4O4. The number of aryl methyl sites for hydroxylation is 1. The quantitative estimate of drug-likeness (QED) is 0.253. The second-order valence-corrected chi connectivity index (χ2v) is 8.56. The van der Waals surface area contributed by atoms with Gasteiger partial charge in [-0.25, -0.2) is 4.39 Å². The summed E-state index contributed by atoms with van der Waals surface area (Å²) in [6, 6.07) is 14.7. The van der Waals surface area contributed by atoms with Gasteiger partial charge in [-0.2, -0.15) is 5.10 Å². The number of amides is 1. The maximum atomic E-state index is 14.5. The molecule has 0 spiro atoms. The lowest BCUT2D eigenvalue weighted by molar-refractivity contribution is -0.385. The highest BCUT2D eigenvalue weighted by Crippen LogP contribution is 2.39. The SMILES string of the molecule is Cn1cc(-c2ccc(CN3Cc4cccc(Oc5c(F)cc([N+](=O)[O-])cc5Cl)c4C3=O)cc2)cn1. The number of ether oxygens (including phenoxy) is 1. The number of aromatic nitrogens is 2. The van der Waals surface area contributed by atoms with E-state index >= 15 is 0 Å². The van der Waals surface area contributed by atoms with Crippen molar-refractivity contribution in [3.8, 4) is 22.6 Å². The topological polar surface area (TPSA) is 90.5 Å². The van der Waals surface area contributed by atoms with E-state index < -0.39 is 16.4 Å². The van der Waals surface area contributed by atoms with Gasteiger partial charge in [0.05, 0.1) is 27.8 Å². The Hall–Kier alpha value is -4.24. The summed E-state index contributed by atoms with van der Waals surface area (Å²) >= 11 is 6.04. The van der Waals surface area contributed by atoms with Crippen LogP contribution in [-0.4, -0.2) is 25.5 Å². The summed E-state index contributed by atoms with van der Waals surface area (Å²) in [4.78, 5) is 25.1. The van der Waals surface area contributed by atoms with Crippen molar-refractivity contribution in [3.63, 3.8) is 0 Å². The zero-order chi connectivity index (χ0) is 24.7. The number of halogens is 2. The highest BCUT2D eigenvalue weighted by atomic mass is 35.5. The van der Waals surface area contributed by atoms with E-state index in [1.54, 1.807) is 34.0 Å². The molecule has 10 heteroatoms. The van der Waals surface area contributed by atoms with E-state index in [1.165, 1.54) is 0 Å². The van der Waals surface area contributed by atoms with Crippen LogP contribution in [0, 0.1) is 15.9 Å². The molecule has 1 aliphatic heterocycles. The minimum absolute atomic E-state index is 0.136. The van der Waals surface area contributed by atoms with Gasteiger partial charge in [0.1, 0.15) is 5.75 Å². The largest absolute Gasteiger partial charge is 0.452 e. The second kappa shape index (κ2) is 8.84. The van der Waals surface area contributed by atoms with Crippen molar-refractivity contribution in [2.75, 3.05) is 0 Å². The highest BCUT2D eigenvalue weighted by molar-refractivity contribution is 6.32. The molecule has 35 heavy (non-hydrogen) atoms. The minimum Gasteiger partial charge on any atom is -0.452 e. The number of non-ortho nitro benzene ring substituents is 1. The summed E-state index contributed by atoms with van der Waals surface area (Å²) in [7, 11) is 1.86. The number of hydrogen-bond donors (Lipinski definition) is 0. The molecule has 0 saturated carbocycles. The van der Waals surface area contributed by atoms with Crippen LogP contribution in [0.5, 0.6) is 11.5 Å². The summed E-state index contributed by atoms with van der Waals surface area (Å²) < 4.78 is 21.9. The van der Waals surface area contributed by atoms with Crippen molar-refractivity contribution in [3.05, 3.63) is 105 Å². The number of nitrogens with zero attached hydrogens (tertiary/aromatic N) is 4. The van der Waals surface area contributed by atoms with Crippen LogP contribution in [0.15, 0.2) is 67.0 Å². The number of nitro benzene ring substituents is 1. The fraction of sp³-hybridized carbons (Fsp3) is 0.120. The van der Waals surface area contributed by atoms with Crippen molar-refractivity contribution in [1.29, 1.82) is 0 Å². The zero-order valence-electron chi connectivity index (χ0n) is 18.4. The van der Waals surface area contributed by atoms with Gasteiger partial charge < -0.3 is 9.64 Å². The Morgan fingerprint density at radius 3 is 2.60 bits per heavy atom. The fourth-order valence-corrected chi connectivity index (χ4v) is 4.29. The molecule has 176 valence electrons. The molecule has 5 rings (SSSR count). The molecule has 1 aromatic heterocycles. The van der Waals surface area contributed by atoms with Crippen LogP contribution in [0.2, 0.25) is 5.02 Å². The average Bonchev–Trinajstić information content (AvgIpc) is 3.40. The standard InChI is InChI=1S/C25H18ClFN4O4/c1-29-13-18(11-28-29)16-7-5-15(6-8-16)12-30-14-17-3-2-4-22(23(17)25(30)32)35-24-20(26)9-19(31(33)34)10-21(24)27/h2-11,13H,12,14H2,1H3. The number of fused-ring (bicyclic) bond motifs is 1. The monoisotopic (exact) mass is 492 g/mol. The van der Waals surface area contributed by atoms with Crippen LogP contribution in [0.25, 0.3) is 11.1 Å². The van der Waals surface area contributed by atoms with Gasteiger partial charge >= 0.3 is 0 Å². The number of benzene rings is 3. The van der Waals surface area contributed by atoms with Crippen LogP contribution in [0.1, 0.15) is 21.5 Å². The lowest BCUT2D eigenvalue weighted by atomic mass is 10.1. The van der Waals surface area contributed by atoms with Crippen LogP contribution < -0.4 is 4.74 Å². The Kier molecular flexibility index (Phi) is 5.70. The molecule has 4 aromatic rings. The summed E-state index contributed by atoms with van der Waals surface area (Å²) in [6.07, 6.45) is 3.72. The molecular weight excluding hydrogens is 475 g/mol. The summed E-state index contributed by atoms with van der Waals surface area (Å²) in [5.74, 6) is -1.48. The van der Waals surface area contributed by atoms with Gasteiger partial charge in [-0.05, 0) is 22.8 Å². The van der Waals surface area contributed by atoms with Crippen LogP contribution in [0.4, 0.5) is 10.1 Å². The average molecular weight is 493 g/mol.